The van der Waals surface area contributed by atoms with Crippen LogP contribution in [-0.2, 0) is 16.1 Å². The zero-order valence-electron chi connectivity index (χ0n) is 20.6. The molecule has 0 bridgehead atoms. The Balaban J connectivity index is 1.48. The first-order chi connectivity index (χ1) is 16.9. The van der Waals surface area contributed by atoms with E-state index in [1.807, 2.05) is 33.7 Å². The first kappa shape index (κ1) is 24.9. The van der Waals surface area contributed by atoms with Crippen LogP contribution in [0.25, 0.3) is 11.0 Å². The third-order valence-corrected chi connectivity index (χ3v) is 7.08. The molecule has 0 saturated carbocycles. The number of likely N-dealkylation sites (tertiary alicyclic amines) is 1. The second kappa shape index (κ2) is 11.0. The zero-order valence-corrected chi connectivity index (χ0v) is 21.4. The van der Waals surface area contributed by atoms with Crippen LogP contribution in [0.3, 0.4) is 0 Å². The molecule has 0 unspecified atom stereocenters. The van der Waals surface area contributed by atoms with Gasteiger partial charge in [-0.3, -0.25) is 9.59 Å². The summed E-state index contributed by atoms with van der Waals surface area (Å²) in [5.74, 6) is 2.22. The summed E-state index contributed by atoms with van der Waals surface area (Å²) in [5, 5.41) is 3.53. The molecule has 1 N–H and O–H groups in total. The van der Waals surface area contributed by atoms with Crippen molar-refractivity contribution in [2.75, 3.05) is 38.4 Å². The van der Waals surface area contributed by atoms with E-state index < -0.39 is 0 Å². The maximum Gasteiger partial charge on any atom is 0.242 e. The van der Waals surface area contributed by atoms with Crippen LogP contribution in [0.15, 0.2) is 47.6 Å². The molecule has 2 amide bonds. The number of carbonyl (C=O) groups is 2. The van der Waals surface area contributed by atoms with Crippen molar-refractivity contribution in [1.82, 2.24) is 14.5 Å². The van der Waals surface area contributed by atoms with Gasteiger partial charge in [-0.1, -0.05) is 37.7 Å². The van der Waals surface area contributed by atoms with Crippen molar-refractivity contribution in [3.05, 3.63) is 42.5 Å². The predicted molar refractivity (Wildman–Crippen MR) is 138 cm³/mol. The van der Waals surface area contributed by atoms with Gasteiger partial charge in [0.05, 0.1) is 31.0 Å². The molecule has 1 aromatic heterocycles. The van der Waals surface area contributed by atoms with Crippen LogP contribution in [0.4, 0.5) is 5.69 Å². The molecule has 35 heavy (non-hydrogen) atoms. The van der Waals surface area contributed by atoms with Crippen molar-refractivity contribution in [3.63, 3.8) is 0 Å². The number of rotatable bonds is 8. The highest BCUT2D eigenvalue weighted by atomic mass is 32.2. The smallest absolute Gasteiger partial charge is 0.242 e. The van der Waals surface area contributed by atoms with Crippen LogP contribution >= 0.6 is 11.8 Å². The monoisotopic (exact) mass is 496 g/mol. The van der Waals surface area contributed by atoms with Gasteiger partial charge in [0, 0.05) is 37.0 Å². The van der Waals surface area contributed by atoms with E-state index >= 15 is 0 Å². The van der Waals surface area contributed by atoms with E-state index in [0.29, 0.717) is 34.2 Å². The molecule has 8 nitrogen and oxygen atoms in total. The number of anilines is 1. The number of hydrogen-bond donors (Lipinski definition) is 1. The fourth-order valence-electron chi connectivity index (χ4n) is 4.62. The average molecular weight is 497 g/mol. The van der Waals surface area contributed by atoms with Gasteiger partial charge < -0.3 is 24.3 Å². The molecule has 2 aromatic carbocycles. The molecule has 1 fully saturated rings. The number of imidazole rings is 1. The van der Waals surface area contributed by atoms with Crippen LogP contribution in [0, 0.1) is 11.8 Å². The lowest BCUT2D eigenvalue weighted by Crippen LogP contribution is -2.44. The molecule has 1 saturated heterocycles. The maximum atomic E-state index is 13.2. The van der Waals surface area contributed by atoms with E-state index in [1.165, 1.54) is 11.8 Å². The summed E-state index contributed by atoms with van der Waals surface area (Å²) in [7, 11) is 3.13. The van der Waals surface area contributed by atoms with E-state index in [-0.39, 0.29) is 24.1 Å². The van der Waals surface area contributed by atoms with Gasteiger partial charge in [-0.15, -0.1) is 0 Å². The van der Waals surface area contributed by atoms with Gasteiger partial charge in [-0.05, 0) is 30.4 Å². The van der Waals surface area contributed by atoms with Gasteiger partial charge >= 0.3 is 0 Å². The first-order valence-electron chi connectivity index (χ1n) is 11.7. The van der Waals surface area contributed by atoms with Crippen LogP contribution in [0.5, 0.6) is 11.5 Å². The molecular weight excluding hydrogens is 464 g/mol. The quantitative estimate of drug-likeness (QED) is 0.469. The van der Waals surface area contributed by atoms with Crippen LogP contribution in [-0.4, -0.2) is 59.3 Å². The van der Waals surface area contributed by atoms with Crippen molar-refractivity contribution in [2.24, 2.45) is 11.8 Å². The van der Waals surface area contributed by atoms with Crippen molar-refractivity contribution in [2.45, 2.75) is 32.0 Å². The van der Waals surface area contributed by atoms with Gasteiger partial charge in [0.1, 0.15) is 18.0 Å². The number of hydrogen-bond acceptors (Lipinski definition) is 6. The number of benzene rings is 2. The minimum Gasteiger partial charge on any atom is -0.497 e. The second-order valence-corrected chi connectivity index (χ2v) is 10.1. The summed E-state index contributed by atoms with van der Waals surface area (Å²) in [6.45, 7) is 6.16. The molecule has 3 aromatic rings. The number of para-hydroxylation sites is 2. The summed E-state index contributed by atoms with van der Waals surface area (Å²) in [5.41, 5.74) is 2.28. The van der Waals surface area contributed by atoms with E-state index in [2.05, 4.69) is 19.2 Å². The number of piperidine rings is 1. The number of methoxy groups -OCH3 is 2. The number of thioether (sulfide) groups is 1. The van der Waals surface area contributed by atoms with Gasteiger partial charge in [-0.2, -0.15) is 0 Å². The Labute approximate surface area is 210 Å². The Morgan fingerprint density at radius 3 is 2.37 bits per heavy atom. The molecule has 2 atom stereocenters. The lowest BCUT2D eigenvalue weighted by molar-refractivity contribution is -0.134. The SMILES string of the molecule is COc1cc(NC(=O)CSc2nc3ccccc3n2CC(=O)N2C[C@H](C)C[C@@H](C)C2)cc(OC)c1. The number of amides is 2. The summed E-state index contributed by atoms with van der Waals surface area (Å²) in [6.07, 6.45) is 1.15. The van der Waals surface area contributed by atoms with Gasteiger partial charge in [-0.25, -0.2) is 4.98 Å². The predicted octanol–water partition coefficient (Wildman–Crippen LogP) is 4.29. The summed E-state index contributed by atoms with van der Waals surface area (Å²) in [6, 6.07) is 13.0. The average Bonchev–Trinajstić information content (AvgIpc) is 3.19. The summed E-state index contributed by atoms with van der Waals surface area (Å²) < 4.78 is 12.5. The second-order valence-electron chi connectivity index (χ2n) is 9.15. The molecule has 2 heterocycles. The Morgan fingerprint density at radius 1 is 1.06 bits per heavy atom. The van der Waals surface area contributed by atoms with E-state index in [4.69, 9.17) is 14.5 Å². The number of ether oxygens (including phenoxy) is 2. The highest BCUT2D eigenvalue weighted by Gasteiger charge is 2.26. The van der Waals surface area contributed by atoms with Crippen molar-refractivity contribution in [3.8, 4) is 11.5 Å². The van der Waals surface area contributed by atoms with Crippen LogP contribution in [0.1, 0.15) is 20.3 Å². The fraction of sp³-hybridized carbons (Fsp3) is 0.423. The zero-order chi connectivity index (χ0) is 24.9. The van der Waals surface area contributed by atoms with E-state index in [9.17, 15) is 9.59 Å². The molecule has 9 heteroatoms. The molecule has 1 aliphatic rings. The largest absolute Gasteiger partial charge is 0.497 e. The number of nitrogens with one attached hydrogen (secondary N) is 1. The Kier molecular flexibility index (Phi) is 7.85. The van der Waals surface area contributed by atoms with Gasteiger partial charge in [0.15, 0.2) is 5.16 Å². The number of carbonyl (C=O) groups excluding carboxylic acids is 2. The highest BCUT2D eigenvalue weighted by molar-refractivity contribution is 7.99. The minimum absolute atomic E-state index is 0.0846. The van der Waals surface area contributed by atoms with Gasteiger partial charge in [0.25, 0.3) is 0 Å². The number of aromatic nitrogens is 2. The minimum atomic E-state index is -0.186. The molecule has 0 spiro atoms. The van der Waals surface area contributed by atoms with Gasteiger partial charge in [0.2, 0.25) is 11.8 Å². The van der Waals surface area contributed by atoms with Crippen LogP contribution in [0.2, 0.25) is 0 Å². The fourth-order valence-corrected chi connectivity index (χ4v) is 5.44. The molecular formula is C26H32N4O4S. The summed E-state index contributed by atoms with van der Waals surface area (Å²) in [4.78, 5) is 32.6. The first-order valence-corrected chi connectivity index (χ1v) is 12.7. The third-order valence-electron chi connectivity index (χ3n) is 6.10. The molecule has 0 radical (unpaired) electrons. The van der Waals surface area contributed by atoms with Crippen LogP contribution < -0.4 is 14.8 Å². The van der Waals surface area contributed by atoms with Crippen molar-refractivity contribution in [1.29, 1.82) is 0 Å². The van der Waals surface area contributed by atoms with E-state index in [1.54, 1.807) is 32.4 Å². The topological polar surface area (TPSA) is 85.7 Å². The lowest BCUT2D eigenvalue weighted by atomic mass is 9.92. The molecule has 1 aliphatic heterocycles. The Bertz CT molecular complexity index is 1180. The highest BCUT2D eigenvalue weighted by Crippen LogP contribution is 2.28. The maximum absolute atomic E-state index is 13.2. The number of fused-ring (bicyclic) bond motifs is 1. The Hall–Kier alpha value is -3.20. The number of nitrogens with zero attached hydrogens (tertiary/aromatic N) is 3. The summed E-state index contributed by atoms with van der Waals surface area (Å²) >= 11 is 1.32. The third kappa shape index (κ3) is 6.08. The standard InChI is InChI=1S/C26H32N4O4S/c1-17-9-18(2)14-29(13-17)25(32)15-30-23-8-6-5-7-22(23)28-26(30)35-16-24(31)27-19-10-20(33-3)12-21(11-19)34-4/h5-8,10-12,17-18H,9,13-16H2,1-4H3,(H,27,31)/t17-,18-/m1/s1. The van der Waals surface area contributed by atoms with Crippen molar-refractivity contribution >= 4 is 40.3 Å². The van der Waals surface area contributed by atoms with Crippen molar-refractivity contribution < 1.29 is 19.1 Å². The molecule has 4 rings (SSSR count). The Morgan fingerprint density at radius 2 is 1.71 bits per heavy atom. The molecule has 186 valence electrons. The lowest BCUT2D eigenvalue weighted by Gasteiger charge is -2.35. The van der Waals surface area contributed by atoms with E-state index in [0.717, 1.165) is 30.5 Å². The molecule has 0 aliphatic carbocycles. The normalized spacial score (nSPS) is 17.9.